The minimum atomic E-state index is -0.162. The monoisotopic (exact) mass is 241 g/mol. The van der Waals surface area contributed by atoms with Gasteiger partial charge in [-0.05, 0) is 37.6 Å². The number of amides is 1. The summed E-state index contributed by atoms with van der Waals surface area (Å²) >= 11 is 0. The lowest BCUT2D eigenvalue weighted by molar-refractivity contribution is 0.102. The summed E-state index contributed by atoms with van der Waals surface area (Å²) in [6.07, 6.45) is 0. The Morgan fingerprint density at radius 3 is 2.56 bits per heavy atom. The van der Waals surface area contributed by atoms with Crippen LogP contribution >= 0.6 is 0 Å². The number of carbonyl (C=O) groups is 1. The van der Waals surface area contributed by atoms with Gasteiger partial charge in [0.25, 0.3) is 5.91 Å². The molecular weight excluding hydrogens is 226 g/mol. The number of pyridine rings is 1. The van der Waals surface area contributed by atoms with Crippen molar-refractivity contribution in [1.29, 1.82) is 0 Å². The zero-order valence-corrected chi connectivity index (χ0v) is 10.4. The SMILES string of the molecule is Cc1ccccc1C(=O)Nc1ccc(N)c(C)n1. The second-order valence-corrected chi connectivity index (χ2v) is 4.14. The first-order valence-electron chi connectivity index (χ1n) is 5.68. The van der Waals surface area contributed by atoms with Crippen molar-refractivity contribution < 1.29 is 4.79 Å². The van der Waals surface area contributed by atoms with Crippen molar-refractivity contribution in [2.24, 2.45) is 0 Å². The number of benzene rings is 1. The Hall–Kier alpha value is -2.36. The van der Waals surface area contributed by atoms with Crippen LogP contribution in [0, 0.1) is 13.8 Å². The molecule has 2 rings (SSSR count). The molecule has 0 aliphatic carbocycles. The van der Waals surface area contributed by atoms with E-state index in [1.807, 2.05) is 25.1 Å². The lowest BCUT2D eigenvalue weighted by Crippen LogP contribution is -2.14. The predicted molar refractivity (Wildman–Crippen MR) is 72.5 cm³/mol. The van der Waals surface area contributed by atoms with Gasteiger partial charge < -0.3 is 11.1 Å². The van der Waals surface area contributed by atoms with E-state index in [4.69, 9.17) is 5.73 Å². The summed E-state index contributed by atoms with van der Waals surface area (Å²) in [4.78, 5) is 16.3. The van der Waals surface area contributed by atoms with Crippen LogP contribution in [0.2, 0.25) is 0 Å². The molecule has 1 aromatic carbocycles. The Kier molecular flexibility index (Phi) is 3.28. The van der Waals surface area contributed by atoms with Crippen molar-refractivity contribution in [2.45, 2.75) is 13.8 Å². The number of aromatic nitrogens is 1. The van der Waals surface area contributed by atoms with Crippen molar-refractivity contribution in [2.75, 3.05) is 11.1 Å². The van der Waals surface area contributed by atoms with Gasteiger partial charge in [-0.15, -0.1) is 0 Å². The topological polar surface area (TPSA) is 68.0 Å². The van der Waals surface area contributed by atoms with Gasteiger partial charge in [0.1, 0.15) is 5.82 Å². The van der Waals surface area contributed by atoms with E-state index in [0.717, 1.165) is 5.56 Å². The highest BCUT2D eigenvalue weighted by atomic mass is 16.1. The maximum absolute atomic E-state index is 12.0. The predicted octanol–water partition coefficient (Wildman–Crippen LogP) is 2.53. The van der Waals surface area contributed by atoms with Crippen molar-refractivity contribution in [3.05, 3.63) is 53.2 Å². The summed E-state index contributed by atoms with van der Waals surface area (Å²) in [6, 6.07) is 10.8. The van der Waals surface area contributed by atoms with E-state index >= 15 is 0 Å². The van der Waals surface area contributed by atoms with Crippen LogP contribution in [-0.4, -0.2) is 10.9 Å². The third kappa shape index (κ3) is 2.48. The Bertz CT molecular complexity index is 593. The number of nitrogens with two attached hydrogens (primary N) is 1. The van der Waals surface area contributed by atoms with Crippen LogP contribution in [0.25, 0.3) is 0 Å². The lowest BCUT2D eigenvalue weighted by Gasteiger charge is -2.08. The van der Waals surface area contributed by atoms with Crippen LogP contribution in [0.4, 0.5) is 11.5 Å². The van der Waals surface area contributed by atoms with Crippen LogP contribution in [-0.2, 0) is 0 Å². The van der Waals surface area contributed by atoms with Crippen LogP contribution in [0.5, 0.6) is 0 Å². The van der Waals surface area contributed by atoms with Gasteiger partial charge in [0, 0.05) is 5.56 Å². The van der Waals surface area contributed by atoms with Crippen LogP contribution in [0.3, 0.4) is 0 Å². The zero-order chi connectivity index (χ0) is 13.1. The summed E-state index contributed by atoms with van der Waals surface area (Å²) in [5.74, 6) is 0.347. The minimum Gasteiger partial charge on any atom is -0.397 e. The van der Waals surface area contributed by atoms with E-state index in [9.17, 15) is 4.79 Å². The molecule has 2 aromatic rings. The second-order valence-electron chi connectivity index (χ2n) is 4.14. The molecule has 0 aliphatic rings. The van der Waals surface area contributed by atoms with Gasteiger partial charge in [0.15, 0.2) is 0 Å². The maximum atomic E-state index is 12.0. The highest BCUT2D eigenvalue weighted by Crippen LogP contribution is 2.14. The number of aryl methyl sites for hydroxylation is 2. The molecule has 0 bridgehead atoms. The minimum absolute atomic E-state index is 0.162. The van der Waals surface area contributed by atoms with Crippen LogP contribution in [0.15, 0.2) is 36.4 Å². The van der Waals surface area contributed by atoms with Gasteiger partial charge >= 0.3 is 0 Å². The number of nitrogen functional groups attached to an aromatic ring is 1. The summed E-state index contributed by atoms with van der Waals surface area (Å²) in [5.41, 5.74) is 8.58. The molecule has 1 heterocycles. The molecule has 4 heteroatoms. The molecule has 1 aromatic heterocycles. The van der Waals surface area contributed by atoms with Crippen LogP contribution in [0.1, 0.15) is 21.6 Å². The number of anilines is 2. The van der Waals surface area contributed by atoms with Crippen molar-refractivity contribution >= 4 is 17.4 Å². The fraction of sp³-hybridized carbons (Fsp3) is 0.143. The Balaban J connectivity index is 2.22. The molecule has 0 unspecified atom stereocenters. The van der Waals surface area contributed by atoms with Crippen molar-refractivity contribution in [3.8, 4) is 0 Å². The van der Waals surface area contributed by atoms with E-state index in [-0.39, 0.29) is 5.91 Å². The van der Waals surface area contributed by atoms with E-state index in [0.29, 0.717) is 22.8 Å². The molecule has 0 saturated heterocycles. The fourth-order valence-corrected chi connectivity index (χ4v) is 1.65. The summed E-state index contributed by atoms with van der Waals surface area (Å²) in [5, 5.41) is 2.76. The number of rotatable bonds is 2. The molecule has 0 radical (unpaired) electrons. The molecule has 18 heavy (non-hydrogen) atoms. The van der Waals surface area contributed by atoms with Crippen molar-refractivity contribution in [3.63, 3.8) is 0 Å². The standard InChI is InChI=1S/C14H15N3O/c1-9-5-3-4-6-11(9)14(18)17-13-8-7-12(15)10(2)16-13/h3-8H,15H2,1-2H3,(H,16,17,18). The van der Waals surface area contributed by atoms with Gasteiger partial charge in [0.2, 0.25) is 0 Å². The van der Waals surface area contributed by atoms with Gasteiger partial charge in [-0.1, -0.05) is 18.2 Å². The van der Waals surface area contributed by atoms with Gasteiger partial charge in [-0.2, -0.15) is 0 Å². The fourth-order valence-electron chi connectivity index (χ4n) is 1.65. The lowest BCUT2D eigenvalue weighted by atomic mass is 10.1. The molecule has 1 amide bonds. The second kappa shape index (κ2) is 4.87. The quantitative estimate of drug-likeness (QED) is 0.849. The summed E-state index contributed by atoms with van der Waals surface area (Å²) < 4.78 is 0. The summed E-state index contributed by atoms with van der Waals surface area (Å²) in [6.45, 7) is 3.70. The van der Waals surface area contributed by atoms with E-state index in [1.54, 1.807) is 25.1 Å². The molecule has 4 nitrogen and oxygen atoms in total. The molecule has 0 aliphatic heterocycles. The smallest absolute Gasteiger partial charge is 0.257 e. The summed E-state index contributed by atoms with van der Waals surface area (Å²) in [7, 11) is 0. The maximum Gasteiger partial charge on any atom is 0.257 e. The largest absolute Gasteiger partial charge is 0.397 e. The highest BCUT2D eigenvalue weighted by molar-refractivity contribution is 6.04. The molecule has 0 atom stereocenters. The molecule has 92 valence electrons. The molecule has 3 N–H and O–H groups in total. The first-order chi connectivity index (χ1) is 8.58. The number of carbonyl (C=O) groups excluding carboxylic acids is 1. The third-order valence-corrected chi connectivity index (χ3v) is 2.76. The van der Waals surface area contributed by atoms with Crippen LogP contribution < -0.4 is 11.1 Å². The Morgan fingerprint density at radius 2 is 1.89 bits per heavy atom. The van der Waals surface area contributed by atoms with Gasteiger partial charge in [-0.25, -0.2) is 4.98 Å². The molecule has 0 fully saturated rings. The Morgan fingerprint density at radius 1 is 1.17 bits per heavy atom. The first kappa shape index (κ1) is 12.1. The Labute approximate surface area is 106 Å². The normalized spacial score (nSPS) is 10.1. The third-order valence-electron chi connectivity index (χ3n) is 2.76. The van der Waals surface area contributed by atoms with Gasteiger partial charge in [0.05, 0.1) is 11.4 Å². The first-order valence-corrected chi connectivity index (χ1v) is 5.68. The zero-order valence-electron chi connectivity index (χ0n) is 10.4. The number of hydrogen-bond donors (Lipinski definition) is 2. The van der Waals surface area contributed by atoms with Crippen molar-refractivity contribution in [1.82, 2.24) is 4.98 Å². The molecular formula is C14H15N3O. The average molecular weight is 241 g/mol. The van der Waals surface area contributed by atoms with Gasteiger partial charge in [-0.3, -0.25) is 4.79 Å². The van der Waals surface area contributed by atoms with E-state index in [2.05, 4.69) is 10.3 Å². The van der Waals surface area contributed by atoms with E-state index in [1.165, 1.54) is 0 Å². The average Bonchev–Trinajstić information content (AvgIpc) is 2.34. The molecule has 0 saturated carbocycles. The molecule has 0 spiro atoms. The van der Waals surface area contributed by atoms with E-state index < -0.39 is 0 Å². The number of nitrogens with one attached hydrogen (secondary N) is 1. The number of nitrogens with zero attached hydrogens (tertiary/aromatic N) is 1. The number of hydrogen-bond acceptors (Lipinski definition) is 3. The highest BCUT2D eigenvalue weighted by Gasteiger charge is 2.09.